The minimum absolute atomic E-state index is 0.0196. The van der Waals surface area contributed by atoms with Crippen molar-refractivity contribution in [2.24, 2.45) is 0 Å². The molecule has 0 aliphatic rings. The highest BCUT2D eigenvalue weighted by Gasteiger charge is 2.38. The highest BCUT2D eigenvalue weighted by molar-refractivity contribution is 7.25. The van der Waals surface area contributed by atoms with Crippen molar-refractivity contribution in [2.45, 2.75) is 19.2 Å². The molecule has 5 rings (SSSR count). The second-order valence-corrected chi connectivity index (χ2v) is 9.53. The van der Waals surface area contributed by atoms with Crippen LogP contribution in [-0.4, -0.2) is 43.3 Å². The average Bonchev–Trinajstić information content (AvgIpc) is 3.27. The van der Waals surface area contributed by atoms with E-state index in [4.69, 9.17) is 31.3 Å². The smallest absolute Gasteiger partial charge is 0.486 e. The Hall–Kier alpha value is -4.49. The molecule has 3 aromatic heterocycles. The van der Waals surface area contributed by atoms with Crippen LogP contribution in [0.15, 0.2) is 67.1 Å². The monoisotopic (exact) mass is 590 g/mol. The maximum absolute atomic E-state index is 11.0. The van der Waals surface area contributed by atoms with Crippen LogP contribution in [-0.2, 0) is 22.6 Å². The summed E-state index contributed by atoms with van der Waals surface area (Å²) in [6.07, 6.45) is -1.88. The van der Waals surface area contributed by atoms with E-state index in [9.17, 15) is 18.0 Å². The second kappa shape index (κ2) is 12.1. The molecular weight excluding hydrogens is 573 g/mol. The minimum Gasteiger partial charge on any atom is -0.486 e. The number of anilines is 2. The summed E-state index contributed by atoms with van der Waals surface area (Å²) in [5.74, 6) is -2.41. The summed E-state index contributed by atoms with van der Waals surface area (Å²) in [6, 6.07) is 16.7. The molecule has 9 nitrogen and oxygen atoms in total. The largest absolute Gasteiger partial charge is 0.490 e. The van der Waals surface area contributed by atoms with Gasteiger partial charge in [-0.25, -0.2) is 14.8 Å². The molecule has 0 atom stereocenters. The third-order valence-electron chi connectivity index (χ3n) is 5.23. The first-order chi connectivity index (χ1) is 19.0. The van der Waals surface area contributed by atoms with Crippen LogP contribution in [0.3, 0.4) is 0 Å². The predicted molar refractivity (Wildman–Crippen MR) is 143 cm³/mol. The molecule has 0 bridgehead atoms. The molecule has 40 heavy (non-hydrogen) atoms. The Morgan fingerprint density at radius 1 is 1.02 bits per heavy atom. The molecule has 0 aliphatic heterocycles. The summed E-state index contributed by atoms with van der Waals surface area (Å²) in [4.78, 5) is 33.8. The van der Waals surface area contributed by atoms with Crippen molar-refractivity contribution in [3.8, 4) is 5.75 Å². The standard InChI is InChI=1S/C24H17ClN4O3S.C2HF3O2/c25-18-11-15(5-7-19(18)32-12-16-3-1-2-8-26-16)29-23-22-17-6-4-14(10-21(30)31)9-20(17)33-24(22)28-13-27-23;3-2(4,5)1(6)7/h1-9,11,13H,10,12H2,(H,30,31)(H,27,28,29);(H,6,7). The van der Waals surface area contributed by atoms with Gasteiger partial charge in [-0.2, -0.15) is 13.2 Å². The number of nitrogens with one attached hydrogen (secondary N) is 1. The molecule has 0 saturated heterocycles. The number of fused-ring (bicyclic) bond motifs is 3. The van der Waals surface area contributed by atoms with Crippen molar-refractivity contribution in [1.29, 1.82) is 0 Å². The van der Waals surface area contributed by atoms with E-state index in [1.807, 2.05) is 42.5 Å². The zero-order valence-electron chi connectivity index (χ0n) is 20.1. The Morgan fingerprint density at radius 3 is 2.45 bits per heavy atom. The van der Waals surface area contributed by atoms with Gasteiger partial charge in [0, 0.05) is 22.0 Å². The number of benzene rings is 2. The Bertz CT molecular complexity index is 1680. The molecule has 2 aromatic carbocycles. The number of ether oxygens (including phenoxy) is 1. The van der Waals surface area contributed by atoms with E-state index in [2.05, 4.69) is 20.3 Å². The number of rotatable bonds is 7. The van der Waals surface area contributed by atoms with E-state index in [0.29, 0.717) is 23.2 Å². The zero-order chi connectivity index (χ0) is 28.9. The molecule has 0 radical (unpaired) electrons. The van der Waals surface area contributed by atoms with Crippen molar-refractivity contribution >= 4 is 66.7 Å². The molecule has 0 amide bonds. The Labute approximate surface area is 232 Å². The van der Waals surface area contributed by atoms with Gasteiger partial charge in [-0.05, 0) is 42.0 Å². The average molecular weight is 591 g/mol. The van der Waals surface area contributed by atoms with E-state index in [1.165, 1.54) is 17.7 Å². The summed E-state index contributed by atoms with van der Waals surface area (Å²) in [5, 5.41) is 21.8. The molecule has 14 heteroatoms. The van der Waals surface area contributed by atoms with Gasteiger partial charge in [0.2, 0.25) is 0 Å². The molecule has 0 unspecified atom stereocenters. The number of aliphatic carboxylic acids is 2. The Kier molecular flexibility index (Phi) is 8.65. The van der Waals surface area contributed by atoms with Gasteiger partial charge in [0.15, 0.2) is 0 Å². The fourth-order valence-corrected chi connectivity index (χ4v) is 4.84. The van der Waals surface area contributed by atoms with Crippen LogP contribution in [0.25, 0.3) is 20.3 Å². The normalized spacial score (nSPS) is 11.1. The maximum Gasteiger partial charge on any atom is 0.490 e. The van der Waals surface area contributed by atoms with Crippen molar-refractivity contribution in [1.82, 2.24) is 15.0 Å². The van der Waals surface area contributed by atoms with Gasteiger partial charge in [0.1, 0.15) is 29.3 Å². The lowest BCUT2D eigenvalue weighted by Gasteiger charge is -2.11. The van der Waals surface area contributed by atoms with Crippen LogP contribution in [0.1, 0.15) is 11.3 Å². The number of hydrogen-bond acceptors (Lipinski definition) is 8. The van der Waals surface area contributed by atoms with Gasteiger partial charge in [-0.3, -0.25) is 9.78 Å². The number of aromatic nitrogens is 3. The van der Waals surface area contributed by atoms with Crippen molar-refractivity contribution < 1.29 is 37.7 Å². The number of halogens is 4. The first kappa shape index (κ1) is 28.5. The molecule has 0 saturated carbocycles. The molecule has 3 heterocycles. The van der Waals surface area contributed by atoms with E-state index < -0.39 is 18.1 Å². The number of hydrogen-bond donors (Lipinski definition) is 3. The summed E-state index contributed by atoms with van der Waals surface area (Å²) >= 11 is 7.95. The van der Waals surface area contributed by atoms with E-state index in [-0.39, 0.29) is 6.42 Å². The lowest BCUT2D eigenvalue weighted by Crippen LogP contribution is -2.21. The van der Waals surface area contributed by atoms with Gasteiger partial charge < -0.3 is 20.3 Å². The summed E-state index contributed by atoms with van der Waals surface area (Å²) < 4.78 is 38.5. The van der Waals surface area contributed by atoms with Crippen molar-refractivity contribution in [3.05, 3.63) is 83.4 Å². The highest BCUT2D eigenvalue weighted by atomic mass is 35.5. The van der Waals surface area contributed by atoms with Gasteiger partial charge >= 0.3 is 18.1 Å². The number of pyridine rings is 1. The topological polar surface area (TPSA) is 135 Å². The van der Waals surface area contributed by atoms with Crippen LogP contribution in [0.4, 0.5) is 24.7 Å². The summed E-state index contributed by atoms with van der Waals surface area (Å²) in [5.41, 5.74) is 2.32. The van der Waals surface area contributed by atoms with Crippen molar-refractivity contribution in [2.75, 3.05) is 5.32 Å². The molecule has 0 aliphatic carbocycles. The lowest BCUT2D eigenvalue weighted by atomic mass is 10.1. The first-order valence-electron chi connectivity index (χ1n) is 11.3. The van der Waals surface area contributed by atoms with Gasteiger partial charge in [0.05, 0.1) is 22.5 Å². The predicted octanol–water partition coefficient (Wildman–Crippen LogP) is 6.48. The number of alkyl halides is 3. The maximum atomic E-state index is 11.0. The van der Waals surface area contributed by atoms with Gasteiger partial charge in [0.25, 0.3) is 0 Å². The number of carbonyl (C=O) groups is 2. The molecule has 0 fully saturated rings. The van der Waals surface area contributed by atoms with Crippen LogP contribution < -0.4 is 10.1 Å². The fraction of sp³-hybridized carbons (Fsp3) is 0.115. The van der Waals surface area contributed by atoms with E-state index >= 15 is 0 Å². The third kappa shape index (κ3) is 7.12. The summed E-state index contributed by atoms with van der Waals surface area (Å²) in [6.45, 7) is 0.324. The lowest BCUT2D eigenvalue weighted by molar-refractivity contribution is -0.192. The molecule has 5 aromatic rings. The Morgan fingerprint density at radius 2 is 1.80 bits per heavy atom. The third-order valence-corrected chi connectivity index (χ3v) is 6.58. The SMILES string of the molecule is O=C(O)C(F)(F)F.O=C(O)Cc1ccc2c(c1)sc1ncnc(Nc3ccc(OCc4ccccn4)c(Cl)c3)c12. The van der Waals surface area contributed by atoms with Crippen LogP contribution in [0, 0.1) is 0 Å². The molecule has 0 spiro atoms. The Balaban J connectivity index is 0.000000470. The number of nitrogens with zero attached hydrogens (tertiary/aromatic N) is 3. The van der Waals surface area contributed by atoms with E-state index in [1.54, 1.807) is 18.3 Å². The van der Waals surface area contributed by atoms with E-state index in [0.717, 1.165) is 37.2 Å². The number of carboxylic acid groups (broad SMARTS) is 2. The molecule has 206 valence electrons. The molecule has 3 N–H and O–H groups in total. The second-order valence-electron chi connectivity index (χ2n) is 8.09. The quantitative estimate of drug-likeness (QED) is 0.195. The van der Waals surface area contributed by atoms with Crippen LogP contribution in [0.5, 0.6) is 5.75 Å². The number of thiophene rings is 1. The van der Waals surface area contributed by atoms with Crippen molar-refractivity contribution in [3.63, 3.8) is 0 Å². The zero-order valence-corrected chi connectivity index (χ0v) is 21.7. The number of carboxylic acids is 2. The summed E-state index contributed by atoms with van der Waals surface area (Å²) in [7, 11) is 0. The van der Waals surface area contributed by atoms with Crippen LogP contribution in [0.2, 0.25) is 5.02 Å². The molecular formula is C26H18ClF3N4O5S. The first-order valence-corrected chi connectivity index (χ1v) is 12.5. The van der Waals surface area contributed by atoms with Gasteiger partial charge in [-0.1, -0.05) is 29.8 Å². The fourth-order valence-electron chi connectivity index (χ4n) is 3.50. The van der Waals surface area contributed by atoms with Gasteiger partial charge in [-0.15, -0.1) is 11.3 Å². The minimum atomic E-state index is -5.08. The van der Waals surface area contributed by atoms with Crippen LogP contribution >= 0.6 is 22.9 Å². The highest BCUT2D eigenvalue weighted by Crippen LogP contribution is 2.38.